The molecule has 2 rings (SSSR count). The summed E-state index contributed by atoms with van der Waals surface area (Å²) in [5.74, 6) is -0.624. The third kappa shape index (κ3) is 6.86. The maximum absolute atomic E-state index is 12.1. The summed E-state index contributed by atoms with van der Waals surface area (Å²) in [5.41, 5.74) is 1.56. The molecule has 1 aliphatic rings. The van der Waals surface area contributed by atoms with Crippen LogP contribution in [0.15, 0.2) is 24.3 Å². The van der Waals surface area contributed by atoms with Crippen LogP contribution < -0.4 is 10.6 Å². The molecule has 0 aromatic heterocycles. The fourth-order valence-corrected chi connectivity index (χ4v) is 3.18. The average molecular weight is 360 g/mol. The Morgan fingerprint density at radius 1 is 0.962 bits per heavy atom. The molecular formula is C20H28N2O4. The van der Waals surface area contributed by atoms with Crippen LogP contribution in [0.1, 0.15) is 67.3 Å². The third-order valence-electron chi connectivity index (χ3n) is 4.76. The fraction of sp³-hybridized carbons (Fsp3) is 0.550. The van der Waals surface area contributed by atoms with Crippen LogP contribution in [0.5, 0.6) is 0 Å². The van der Waals surface area contributed by atoms with E-state index in [2.05, 4.69) is 10.6 Å². The Morgan fingerprint density at radius 3 is 2.31 bits per heavy atom. The molecule has 0 bridgehead atoms. The molecule has 0 atom stereocenters. The number of carboxylic acid groups (broad SMARTS) is 1. The number of carbonyl (C=O) groups is 3. The van der Waals surface area contributed by atoms with Gasteiger partial charge in [-0.2, -0.15) is 0 Å². The lowest BCUT2D eigenvalue weighted by atomic mass is 10.1. The number of carboxylic acids is 1. The number of aliphatic carboxylic acids is 1. The number of rotatable bonds is 10. The lowest BCUT2D eigenvalue weighted by molar-refractivity contribution is -0.137. The molecule has 1 aromatic rings. The molecule has 0 radical (unpaired) electrons. The molecule has 0 unspecified atom stereocenters. The van der Waals surface area contributed by atoms with Crippen molar-refractivity contribution in [2.24, 2.45) is 5.92 Å². The standard InChI is InChI=1S/C20H28N2O4/c23-18(24)8-2-1-5-13-21-19(25)17-11-9-15(10-12-17)14-22-20(26)16-6-3-4-7-16/h9-12,16H,1-8,13-14H2,(H,21,25)(H,22,26)(H,23,24). The lowest BCUT2D eigenvalue weighted by Crippen LogP contribution is -2.28. The van der Waals surface area contributed by atoms with E-state index >= 15 is 0 Å². The topological polar surface area (TPSA) is 95.5 Å². The van der Waals surface area contributed by atoms with Crippen molar-refractivity contribution < 1.29 is 19.5 Å². The highest BCUT2D eigenvalue weighted by molar-refractivity contribution is 5.94. The van der Waals surface area contributed by atoms with Crippen LogP contribution >= 0.6 is 0 Å². The number of hydrogen-bond donors (Lipinski definition) is 3. The van der Waals surface area contributed by atoms with Gasteiger partial charge in [-0.05, 0) is 43.4 Å². The van der Waals surface area contributed by atoms with E-state index in [0.29, 0.717) is 25.1 Å². The van der Waals surface area contributed by atoms with Gasteiger partial charge in [0.25, 0.3) is 5.91 Å². The van der Waals surface area contributed by atoms with Gasteiger partial charge in [0.15, 0.2) is 0 Å². The Morgan fingerprint density at radius 2 is 1.65 bits per heavy atom. The normalized spacial score (nSPS) is 14.2. The van der Waals surface area contributed by atoms with Crippen LogP contribution in [-0.2, 0) is 16.1 Å². The van der Waals surface area contributed by atoms with Gasteiger partial charge >= 0.3 is 5.97 Å². The largest absolute Gasteiger partial charge is 0.481 e. The second-order valence-corrected chi connectivity index (χ2v) is 6.86. The van der Waals surface area contributed by atoms with Crippen LogP contribution in [0.4, 0.5) is 0 Å². The van der Waals surface area contributed by atoms with E-state index in [1.54, 1.807) is 12.1 Å². The zero-order valence-corrected chi connectivity index (χ0v) is 15.1. The smallest absolute Gasteiger partial charge is 0.303 e. The second kappa shape index (κ2) is 10.6. The molecule has 142 valence electrons. The summed E-state index contributed by atoms with van der Waals surface area (Å²) in [6, 6.07) is 7.24. The minimum absolute atomic E-state index is 0.132. The highest BCUT2D eigenvalue weighted by Gasteiger charge is 2.22. The fourth-order valence-electron chi connectivity index (χ4n) is 3.18. The van der Waals surface area contributed by atoms with Crippen molar-refractivity contribution in [3.05, 3.63) is 35.4 Å². The first-order valence-electron chi connectivity index (χ1n) is 9.43. The Hall–Kier alpha value is -2.37. The van der Waals surface area contributed by atoms with Crippen LogP contribution in [0, 0.1) is 5.92 Å². The lowest BCUT2D eigenvalue weighted by Gasteiger charge is -2.11. The van der Waals surface area contributed by atoms with Gasteiger partial charge in [-0.3, -0.25) is 14.4 Å². The summed E-state index contributed by atoms with van der Waals surface area (Å²) in [6.07, 6.45) is 6.61. The predicted molar refractivity (Wildman–Crippen MR) is 98.7 cm³/mol. The van der Waals surface area contributed by atoms with E-state index in [0.717, 1.165) is 44.1 Å². The molecule has 1 aromatic carbocycles. The predicted octanol–water partition coefficient (Wildman–Crippen LogP) is 2.87. The maximum Gasteiger partial charge on any atom is 0.303 e. The molecule has 6 nitrogen and oxygen atoms in total. The monoisotopic (exact) mass is 360 g/mol. The summed E-state index contributed by atoms with van der Waals surface area (Å²) in [5, 5.41) is 14.4. The molecule has 6 heteroatoms. The first-order valence-corrected chi connectivity index (χ1v) is 9.43. The zero-order chi connectivity index (χ0) is 18.8. The van der Waals surface area contributed by atoms with E-state index in [4.69, 9.17) is 5.11 Å². The molecular weight excluding hydrogens is 332 g/mol. The summed E-state index contributed by atoms with van der Waals surface area (Å²) in [6.45, 7) is 1.03. The van der Waals surface area contributed by atoms with Gasteiger partial charge in [-0.15, -0.1) is 0 Å². The third-order valence-corrected chi connectivity index (χ3v) is 4.76. The minimum atomic E-state index is -0.784. The quantitative estimate of drug-likeness (QED) is 0.559. The minimum Gasteiger partial charge on any atom is -0.481 e. The van der Waals surface area contributed by atoms with Crippen molar-refractivity contribution in [2.75, 3.05) is 6.54 Å². The molecule has 2 amide bonds. The molecule has 1 saturated carbocycles. The van der Waals surface area contributed by atoms with Gasteiger partial charge in [0.1, 0.15) is 0 Å². The Bertz CT molecular complexity index is 607. The Balaban J connectivity index is 1.66. The molecule has 0 spiro atoms. The van der Waals surface area contributed by atoms with E-state index in [1.165, 1.54) is 0 Å². The van der Waals surface area contributed by atoms with Crippen molar-refractivity contribution in [1.29, 1.82) is 0 Å². The highest BCUT2D eigenvalue weighted by atomic mass is 16.4. The van der Waals surface area contributed by atoms with Gasteiger partial charge in [0, 0.05) is 31.0 Å². The molecule has 1 fully saturated rings. The van der Waals surface area contributed by atoms with Crippen molar-refractivity contribution in [1.82, 2.24) is 10.6 Å². The first-order chi connectivity index (χ1) is 12.6. The molecule has 1 aliphatic carbocycles. The van der Waals surface area contributed by atoms with Gasteiger partial charge in [0.05, 0.1) is 0 Å². The molecule has 0 saturated heterocycles. The highest BCUT2D eigenvalue weighted by Crippen LogP contribution is 2.24. The Kier molecular flexibility index (Phi) is 8.12. The van der Waals surface area contributed by atoms with Crippen LogP contribution in [0.3, 0.4) is 0 Å². The molecule has 3 N–H and O–H groups in total. The van der Waals surface area contributed by atoms with Crippen molar-refractivity contribution in [3.63, 3.8) is 0 Å². The number of unbranched alkanes of at least 4 members (excludes halogenated alkanes) is 2. The summed E-state index contributed by atoms with van der Waals surface area (Å²) in [4.78, 5) is 34.5. The average Bonchev–Trinajstić information content (AvgIpc) is 3.17. The van der Waals surface area contributed by atoms with Gasteiger partial charge in [-0.25, -0.2) is 0 Å². The van der Waals surface area contributed by atoms with Crippen molar-refractivity contribution in [3.8, 4) is 0 Å². The van der Waals surface area contributed by atoms with Crippen LogP contribution in [0.2, 0.25) is 0 Å². The zero-order valence-electron chi connectivity index (χ0n) is 15.1. The van der Waals surface area contributed by atoms with Crippen molar-refractivity contribution >= 4 is 17.8 Å². The second-order valence-electron chi connectivity index (χ2n) is 6.86. The molecule has 0 aliphatic heterocycles. The van der Waals surface area contributed by atoms with E-state index in [9.17, 15) is 14.4 Å². The Labute approximate surface area is 154 Å². The van der Waals surface area contributed by atoms with Gasteiger partial charge in [0.2, 0.25) is 5.91 Å². The SMILES string of the molecule is O=C(O)CCCCCNC(=O)c1ccc(CNC(=O)C2CCCC2)cc1. The van der Waals surface area contributed by atoms with Crippen molar-refractivity contribution in [2.45, 2.75) is 57.9 Å². The van der Waals surface area contributed by atoms with Crippen LogP contribution in [0.25, 0.3) is 0 Å². The summed E-state index contributed by atoms with van der Waals surface area (Å²) < 4.78 is 0. The van der Waals surface area contributed by atoms with Gasteiger partial charge in [-0.1, -0.05) is 31.4 Å². The number of carbonyl (C=O) groups excluding carboxylic acids is 2. The van der Waals surface area contributed by atoms with E-state index < -0.39 is 5.97 Å². The number of hydrogen-bond acceptors (Lipinski definition) is 3. The maximum atomic E-state index is 12.1. The first kappa shape index (κ1) is 19.9. The molecule has 26 heavy (non-hydrogen) atoms. The van der Waals surface area contributed by atoms with Crippen LogP contribution in [-0.4, -0.2) is 29.4 Å². The van der Waals surface area contributed by atoms with E-state index in [1.807, 2.05) is 12.1 Å². The summed E-state index contributed by atoms with van der Waals surface area (Å²) in [7, 11) is 0. The number of amides is 2. The number of nitrogens with one attached hydrogen (secondary N) is 2. The van der Waals surface area contributed by atoms with E-state index in [-0.39, 0.29) is 24.2 Å². The number of benzene rings is 1. The van der Waals surface area contributed by atoms with Gasteiger partial charge < -0.3 is 15.7 Å². The summed E-state index contributed by atoms with van der Waals surface area (Å²) >= 11 is 0. The molecule has 0 heterocycles.